The van der Waals surface area contributed by atoms with Gasteiger partial charge in [-0.3, -0.25) is 0 Å². The maximum Gasteiger partial charge on any atom is 0.184 e. The van der Waals surface area contributed by atoms with Gasteiger partial charge >= 0.3 is 0 Å². The van der Waals surface area contributed by atoms with Crippen LogP contribution >= 0.6 is 0 Å². The molecule has 0 aliphatic heterocycles. The van der Waals surface area contributed by atoms with Crippen molar-refractivity contribution < 1.29 is 4.57 Å². The van der Waals surface area contributed by atoms with Gasteiger partial charge in [0.1, 0.15) is 6.54 Å². The van der Waals surface area contributed by atoms with Gasteiger partial charge in [-0.2, -0.15) is 0 Å². The highest BCUT2D eigenvalue weighted by molar-refractivity contribution is 5.14. The number of hydrogen-bond donors (Lipinski definition) is 0. The van der Waals surface area contributed by atoms with Crippen LogP contribution in [0.4, 0.5) is 0 Å². The van der Waals surface area contributed by atoms with E-state index in [2.05, 4.69) is 50.6 Å². The molecule has 0 aliphatic carbocycles. The zero-order chi connectivity index (χ0) is 10.6. The number of aryl methyl sites for hydroxylation is 2. The molecule has 0 saturated heterocycles. The van der Waals surface area contributed by atoms with E-state index in [1.165, 1.54) is 24.1 Å². The minimum Gasteiger partial charge on any atom is -0.203 e. The summed E-state index contributed by atoms with van der Waals surface area (Å²) >= 11 is 0. The Bertz CT molecular complexity index is 289. The van der Waals surface area contributed by atoms with Crippen molar-refractivity contribution in [3.05, 3.63) is 29.6 Å². The monoisotopic (exact) mass is 192 g/mol. The van der Waals surface area contributed by atoms with Gasteiger partial charge in [0.2, 0.25) is 0 Å². The fourth-order valence-electron chi connectivity index (χ4n) is 1.82. The molecule has 0 fully saturated rings. The predicted octanol–water partition coefficient (Wildman–Crippen LogP) is 3.07. The Balaban J connectivity index is 3.01. The number of rotatable bonds is 4. The largest absolute Gasteiger partial charge is 0.203 e. The number of aromatic nitrogens is 1. The van der Waals surface area contributed by atoms with Gasteiger partial charge in [-0.1, -0.05) is 27.2 Å². The van der Waals surface area contributed by atoms with Crippen LogP contribution in [0.15, 0.2) is 18.3 Å². The van der Waals surface area contributed by atoms with Crippen molar-refractivity contribution in [1.29, 1.82) is 0 Å². The molecule has 0 radical (unpaired) electrons. The van der Waals surface area contributed by atoms with Gasteiger partial charge in [-0.25, -0.2) is 4.57 Å². The van der Waals surface area contributed by atoms with E-state index in [9.17, 15) is 0 Å². The Morgan fingerprint density at radius 2 is 2.00 bits per heavy atom. The summed E-state index contributed by atoms with van der Waals surface area (Å²) in [5.41, 5.74) is 2.93. The summed E-state index contributed by atoms with van der Waals surface area (Å²) in [5, 5.41) is 0. The Morgan fingerprint density at radius 3 is 2.50 bits per heavy atom. The van der Waals surface area contributed by atoms with Crippen molar-refractivity contribution in [3.63, 3.8) is 0 Å². The molecule has 0 unspecified atom stereocenters. The third-order valence-corrected chi connectivity index (χ3v) is 2.60. The molecule has 0 amide bonds. The van der Waals surface area contributed by atoms with Crippen molar-refractivity contribution in [3.8, 4) is 0 Å². The molecular formula is C13H22N+. The standard InChI is InChI=1S/C13H22N/c1-5-7-12-8-9-14(6-2)13(10-12)11(3)4/h8-11H,5-7H2,1-4H3/q+1. The van der Waals surface area contributed by atoms with Gasteiger partial charge in [0.15, 0.2) is 11.9 Å². The molecular weight excluding hydrogens is 170 g/mol. The minimum absolute atomic E-state index is 0.617. The van der Waals surface area contributed by atoms with Gasteiger partial charge in [0, 0.05) is 18.1 Å². The summed E-state index contributed by atoms with van der Waals surface area (Å²) in [4.78, 5) is 0. The second-order valence-electron chi connectivity index (χ2n) is 4.15. The van der Waals surface area contributed by atoms with E-state index in [-0.39, 0.29) is 0 Å². The predicted molar refractivity (Wildman–Crippen MR) is 60.4 cm³/mol. The molecule has 1 heterocycles. The highest BCUT2D eigenvalue weighted by Crippen LogP contribution is 2.12. The minimum atomic E-state index is 0.617. The third kappa shape index (κ3) is 2.57. The Morgan fingerprint density at radius 1 is 1.29 bits per heavy atom. The fraction of sp³-hybridized carbons (Fsp3) is 0.615. The summed E-state index contributed by atoms with van der Waals surface area (Å²) in [6.07, 6.45) is 4.65. The third-order valence-electron chi connectivity index (χ3n) is 2.60. The lowest BCUT2D eigenvalue weighted by Crippen LogP contribution is -2.37. The van der Waals surface area contributed by atoms with Crippen molar-refractivity contribution in [1.82, 2.24) is 0 Å². The lowest BCUT2D eigenvalue weighted by molar-refractivity contribution is -0.701. The van der Waals surface area contributed by atoms with Crippen LogP contribution in [0, 0.1) is 0 Å². The fourth-order valence-corrected chi connectivity index (χ4v) is 1.82. The van der Waals surface area contributed by atoms with Gasteiger partial charge in [-0.05, 0) is 18.9 Å². The summed E-state index contributed by atoms with van der Waals surface area (Å²) in [6, 6.07) is 4.61. The zero-order valence-corrected chi connectivity index (χ0v) is 9.88. The first kappa shape index (κ1) is 11.2. The highest BCUT2D eigenvalue weighted by atomic mass is 14.9. The van der Waals surface area contributed by atoms with Crippen LogP contribution in [0.2, 0.25) is 0 Å². The van der Waals surface area contributed by atoms with Crippen molar-refractivity contribution in [2.24, 2.45) is 0 Å². The van der Waals surface area contributed by atoms with Crippen molar-refractivity contribution in [2.75, 3.05) is 0 Å². The molecule has 0 bridgehead atoms. The molecule has 0 aromatic carbocycles. The van der Waals surface area contributed by atoms with Gasteiger partial charge in [-0.15, -0.1) is 0 Å². The first-order valence-corrected chi connectivity index (χ1v) is 5.71. The van der Waals surface area contributed by atoms with E-state index in [4.69, 9.17) is 0 Å². The smallest absolute Gasteiger partial charge is 0.184 e. The lowest BCUT2D eigenvalue weighted by Gasteiger charge is -2.07. The molecule has 14 heavy (non-hydrogen) atoms. The van der Waals surface area contributed by atoms with E-state index < -0.39 is 0 Å². The van der Waals surface area contributed by atoms with Crippen LogP contribution in [-0.4, -0.2) is 0 Å². The zero-order valence-electron chi connectivity index (χ0n) is 9.88. The maximum atomic E-state index is 2.36. The molecule has 78 valence electrons. The molecule has 1 heteroatoms. The van der Waals surface area contributed by atoms with Crippen LogP contribution < -0.4 is 4.57 Å². The summed E-state index contributed by atoms with van der Waals surface area (Å²) in [6.45, 7) is 10.0. The Hall–Kier alpha value is -0.850. The summed E-state index contributed by atoms with van der Waals surface area (Å²) < 4.78 is 2.34. The van der Waals surface area contributed by atoms with Crippen molar-refractivity contribution in [2.45, 2.75) is 53.0 Å². The quantitative estimate of drug-likeness (QED) is 0.645. The van der Waals surface area contributed by atoms with Crippen molar-refractivity contribution >= 4 is 0 Å². The topological polar surface area (TPSA) is 3.88 Å². The van der Waals surface area contributed by atoms with Crippen LogP contribution in [0.1, 0.15) is 51.3 Å². The first-order valence-electron chi connectivity index (χ1n) is 5.71. The number of nitrogens with zero attached hydrogens (tertiary/aromatic N) is 1. The Kier molecular flexibility index (Phi) is 4.12. The SMILES string of the molecule is CCCc1cc[n+](CC)c(C(C)C)c1. The molecule has 0 N–H and O–H groups in total. The van der Waals surface area contributed by atoms with Crippen LogP contribution in [-0.2, 0) is 13.0 Å². The second-order valence-corrected chi connectivity index (χ2v) is 4.15. The van der Waals surface area contributed by atoms with Crippen LogP contribution in [0.25, 0.3) is 0 Å². The van der Waals surface area contributed by atoms with Gasteiger partial charge in [0.25, 0.3) is 0 Å². The van der Waals surface area contributed by atoms with E-state index in [1.807, 2.05) is 0 Å². The van der Waals surface area contributed by atoms with Gasteiger partial charge in [0.05, 0.1) is 0 Å². The Labute approximate surface area is 87.8 Å². The van der Waals surface area contributed by atoms with E-state index in [1.54, 1.807) is 0 Å². The van der Waals surface area contributed by atoms with Crippen LogP contribution in [0.5, 0.6) is 0 Å². The number of pyridine rings is 1. The first-order chi connectivity index (χ1) is 6.69. The highest BCUT2D eigenvalue weighted by Gasteiger charge is 2.13. The van der Waals surface area contributed by atoms with E-state index in [0.717, 1.165) is 6.54 Å². The average molecular weight is 192 g/mol. The molecule has 0 atom stereocenters. The normalized spacial score (nSPS) is 10.9. The summed E-state index contributed by atoms with van der Waals surface area (Å²) in [5.74, 6) is 0.617. The molecule has 1 nitrogen and oxygen atoms in total. The maximum absolute atomic E-state index is 2.36. The molecule has 1 aromatic rings. The molecule has 0 aliphatic rings. The lowest BCUT2D eigenvalue weighted by atomic mass is 10.0. The molecule has 1 aromatic heterocycles. The number of hydrogen-bond acceptors (Lipinski definition) is 0. The van der Waals surface area contributed by atoms with E-state index in [0.29, 0.717) is 5.92 Å². The second kappa shape index (κ2) is 5.14. The molecule has 0 saturated carbocycles. The van der Waals surface area contributed by atoms with Gasteiger partial charge < -0.3 is 0 Å². The van der Waals surface area contributed by atoms with E-state index >= 15 is 0 Å². The molecule has 0 spiro atoms. The summed E-state index contributed by atoms with van der Waals surface area (Å²) in [7, 11) is 0. The average Bonchev–Trinajstić information content (AvgIpc) is 2.18. The van der Waals surface area contributed by atoms with Crippen LogP contribution in [0.3, 0.4) is 0 Å². The molecule has 1 rings (SSSR count).